The molecule has 0 aromatic carbocycles. The van der Waals surface area contributed by atoms with Gasteiger partial charge in [0.05, 0.1) is 24.4 Å². The van der Waals surface area contributed by atoms with Gasteiger partial charge in [-0.3, -0.25) is 9.59 Å². The maximum absolute atomic E-state index is 12.0. The van der Waals surface area contributed by atoms with Crippen molar-refractivity contribution < 1.29 is 23.9 Å². The number of ether oxygens (including phenoxy) is 2. The van der Waals surface area contributed by atoms with E-state index in [1.807, 2.05) is 41.5 Å². The number of amides is 2. The lowest BCUT2D eigenvalue weighted by Crippen LogP contribution is -2.36. The molecule has 1 unspecified atom stereocenters. The Hall–Kier alpha value is -1.47. The molecule has 0 aromatic rings. The van der Waals surface area contributed by atoms with Gasteiger partial charge in [-0.25, -0.2) is 0 Å². The third kappa shape index (κ3) is 16.1. The van der Waals surface area contributed by atoms with Crippen molar-refractivity contribution in [1.29, 1.82) is 0 Å². The summed E-state index contributed by atoms with van der Waals surface area (Å²) in [4.78, 5) is 35.6. The van der Waals surface area contributed by atoms with E-state index in [0.717, 1.165) is 6.29 Å². The fourth-order valence-corrected chi connectivity index (χ4v) is 2.30. The van der Waals surface area contributed by atoms with Crippen molar-refractivity contribution in [2.45, 2.75) is 85.4 Å². The monoisotopic (exact) mass is 416 g/mol. The predicted molar refractivity (Wildman–Crippen MR) is 117 cm³/mol. The van der Waals surface area contributed by atoms with Gasteiger partial charge >= 0.3 is 0 Å². The molecular weight excluding hydrogens is 372 g/mol. The molecule has 0 fully saturated rings. The first-order valence-electron chi connectivity index (χ1n) is 10.6. The van der Waals surface area contributed by atoms with Gasteiger partial charge in [-0.05, 0) is 40.5 Å². The van der Waals surface area contributed by atoms with Gasteiger partial charge in [0.15, 0.2) is 0 Å². The highest BCUT2D eigenvalue weighted by Crippen LogP contribution is 2.20. The standard InChI is InChI=1S/C20H38N2O5.C2H6/c1-16(15-23)14-18(25)22(7)11-9-19(2,3)27-13-10-20(4,5)26-12-8-17(24)21-6;1-2/h15-16H,8-14H2,1-7H3,(H,21,24);1-2H3. The van der Waals surface area contributed by atoms with Crippen LogP contribution >= 0.6 is 0 Å². The average Bonchev–Trinajstić information content (AvgIpc) is 2.66. The molecule has 0 spiro atoms. The van der Waals surface area contributed by atoms with Gasteiger partial charge in [0.1, 0.15) is 6.29 Å². The van der Waals surface area contributed by atoms with Gasteiger partial charge in [0.25, 0.3) is 0 Å². The quantitative estimate of drug-likeness (QED) is 0.440. The zero-order valence-electron chi connectivity index (χ0n) is 20.1. The minimum Gasteiger partial charge on any atom is -0.375 e. The van der Waals surface area contributed by atoms with Crippen LogP contribution in [0.1, 0.15) is 74.1 Å². The molecule has 0 radical (unpaired) electrons. The Kier molecular flexibility index (Phi) is 15.8. The Morgan fingerprint density at radius 3 is 2.07 bits per heavy atom. The number of carbonyl (C=O) groups is 3. The molecule has 7 heteroatoms. The summed E-state index contributed by atoms with van der Waals surface area (Å²) >= 11 is 0. The first-order valence-corrected chi connectivity index (χ1v) is 10.6. The number of rotatable bonds is 14. The van der Waals surface area contributed by atoms with Crippen LogP contribution in [0.25, 0.3) is 0 Å². The topological polar surface area (TPSA) is 84.9 Å². The minimum absolute atomic E-state index is 0.0314. The summed E-state index contributed by atoms with van der Waals surface area (Å²) in [7, 11) is 3.36. The van der Waals surface area contributed by atoms with Crippen LogP contribution in [0, 0.1) is 5.92 Å². The SMILES string of the molecule is CC.CNC(=O)CCOC(C)(C)CCOC(C)(C)CCN(C)C(=O)CC(C)C=O. The van der Waals surface area contributed by atoms with Crippen molar-refractivity contribution in [3.63, 3.8) is 0 Å². The summed E-state index contributed by atoms with van der Waals surface area (Å²) < 4.78 is 11.8. The zero-order valence-corrected chi connectivity index (χ0v) is 20.1. The minimum atomic E-state index is -0.373. The number of hydrogen-bond donors (Lipinski definition) is 1. The molecule has 2 amide bonds. The molecule has 7 nitrogen and oxygen atoms in total. The van der Waals surface area contributed by atoms with E-state index < -0.39 is 0 Å². The van der Waals surface area contributed by atoms with E-state index in [4.69, 9.17) is 9.47 Å². The molecule has 0 aliphatic carbocycles. The van der Waals surface area contributed by atoms with Crippen LogP contribution in [-0.2, 0) is 23.9 Å². The highest BCUT2D eigenvalue weighted by Gasteiger charge is 2.24. The molecule has 29 heavy (non-hydrogen) atoms. The molecule has 0 aromatic heterocycles. The van der Waals surface area contributed by atoms with Crippen LogP contribution in [0.3, 0.4) is 0 Å². The molecule has 0 heterocycles. The molecule has 1 N–H and O–H groups in total. The second-order valence-corrected chi connectivity index (χ2v) is 8.27. The molecule has 0 aliphatic heterocycles. The number of aldehydes is 1. The van der Waals surface area contributed by atoms with Gasteiger partial charge in [-0.1, -0.05) is 20.8 Å². The summed E-state index contributed by atoms with van der Waals surface area (Å²) in [6, 6.07) is 0. The van der Waals surface area contributed by atoms with Gasteiger partial charge in [-0.15, -0.1) is 0 Å². The summed E-state index contributed by atoms with van der Waals surface area (Å²) in [6.07, 6.45) is 2.79. The molecular formula is C22H44N2O5. The first kappa shape index (κ1) is 29.7. The van der Waals surface area contributed by atoms with Crippen molar-refractivity contribution in [3.05, 3.63) is 0 Å². The molecule has 0 rings (SSSR count). The highest BCUT2D eigenvalue weighted by atomic mass is 16.5. The van der Waals surface area contributed by atoms with Crippen molar-refractivity contribution in [1.82, 2.24) is 10.2 Å². The second kappa shape index (κ2) is 15.4. The van der Waals surface area contributed by atoms with Crippen LogP contribution in [0.4, 0.5) is 0 Å². The third-order valence-electron chi connectivity index (χ3n) is 4.50. The van der Waals surface area contributed by atoms with E-state index in [-0.39, 0.29) is 35.4 Å². The largest absolute Gasteiger partial charge is 0.375 e. The Bertz CT molecular complexity index is 478. The van der Waals surface area contributed by atoms with Crippen molar-refractivity contribution in [3.8, 4) is 0 Å². The third-order valence-corrected chi connectivity index (χ3v) is 4.50. The highest BCUT2D eigenvalue weighted by molar-refractivity contribution is 5.78. The summed E-state index contributed by atoms with van der Waals surface area (Å²) in [5, 5.41) is 2.57. The normalized spacial score (nSPS) is 12.4. The number of nitrogens with zero attached hydrogens (tertiary/aromatic N) is 1. The van der Waals surface area contributed by atoms with Crippen molar-refractivity contribution in [2.24, 2.45) is 5.92 Å². The molecule has 0 aliphatic rings. The number of hydrogen-bond acceptors (Lipinski definition) is 5. The number of nitrogens with one attached hydrogen (secondary N) is 1. The lowest BCUT2D eigenvalue weighted by atomic mass is 10.0. The Balaban J connectivity index is 0. The first-order chi connectivity index (χ1) is 13.4. The molecule has 0 saturated carbocycles. The Morgan fingerprint density at radius 1 is 1.03 bits per heavy atom. The molecule has 172 valence electrons. The fraction of sp³-hybridized carbons (Fsp3) is 0.864. The lowest BCUT2D eigenvalue weighted by molar-refractivity contribution is -0.133. The van der Waals surface area contributed by atoms with Crippen LogP contribution < -0.4 is 5.32 Å². The van der Waals surface area contributed by atoms with E-state index in [1.165, 1.54) is 0 Å². The number of carbonyl (C=O) groups excluding carboxylic acids is 3. The van der Waals surface area contributed by atoms with E-state index in [2.05, 4.69) is 5.32 Å². The molecule has 0 bridgehead atoms. The van der Waals surface area contributed by atoms with Gasteiger partial charge in [0, 0.05) is 39.4 Å². The summed E-state index contributed by atoms with van der Waals surface area (Å²) in [6.45, 7) is 15.2. The molecule has 1 atom stereocenters. The van der Waals surface area contributed by atoms with Crippen molar-refractivity contribution >= 4 is 18.1 Å². The zero-order chi connectivity index (χ0) is 23.1. The van der Waals surface area contributed by atoms with E-state index in [9.17, 15) is 14.4 Å². The van der Waals surface area contributed by atoms with E-state index in [1.54, 1.807) is 25.9 Å². The Labute approximate surface area is 177 Å². The van der Waals surface area contributed by atoms with Crippen LogP contribution in [0.5, 0.6) is 0 Å². The van der Waals surface area contributed by atoms with Gasteiger partial charge in [0.2, 0.25) is 11.8 Å². The predicted octanol–water partition coefficient (Wildman–Crippen LogP) is 3.20. The van der Waals surface area contributed by atoms with Crippen LogP contribution in [0.15, 0.2) is 0 Å². The second-order valence-electron chi connectivity index (χ2n) is 8.27. The van der Waals surface area contributed by atoms with Crippen LogP contribution in [0.2, 0.25) is 0 Å². The van der Waals surface area contributed by atoms with Gasteiger partial charge in [-0.2, -0.15) is 0 Å². The summed E-state index contributed by atoms with van der Waals surface area (Å²) in [5.41, 5.74) is -0.745. The van der Waals surface area contributed by atoms with E-state index in [0.29, 0.717) is 39.0 Å². The average molecular weight is 417 g/mol. The molecule has 0 saturated heterocycles. The fourth-order valence-electron chi connectivity index (χ4n) is 2.30. The summed E-state index contributed by atoms with van der Waals surface area (Å²) in [5.74, 6) is -0.324. The maximum atomic E-state index is 12.0. The van der Waals surface area contributed by atoms with E-state index >= 15 is 0 Å². The lowest BCUT2D eigenvalue weighted by Gasteiger charge is -2.31. The maximum Gasteiger partial charge on any atom is 0.223 e. The smallest absolute Gasteiger partial charge is 0.223 e. The van der Waals surface area contributed by atoms with Crippen molar-refractivity contribution in [2.75, 3.05) is 33.9 Å². The Morgan fingerprint density at radius 2 is 1.55 bits per heavy atom. The van der Waals surface area contributed by atoms with Gasteiger partial charge < -0.3 is 24.5 Å². The van der Waals surface area contributed by atoms with Crippen LogP contribution in [-0.4, -0.2) is 68.1 Å².